The summed E-state index contributed by atoms with van der Waals surface area (Å²) in [5.41, 5.74) is 1.36. The predicted molar refractivity (Wildman–Crippen MR) is 135 cm³/mol. The number of aromatic hydroxyl groups is 1. The molecular formula is C27H30N4O5. The molecule has 36 heavy (non-hydrogen) atoms. The number of hydrogen-bond donors (Lipinski definition) is 3. The fraction of sp³-hybridized carbons (Fsp3) is 0.259. The van der Waals surface area contributed by atoms with Gasteiger partial charge in [0.05, 0.1) is 6.61 Å². The van der Waals surface area contributed by atoms with Gasteiger partial charge in [0.25, 0.3) is 0 Å². The molecule has 0 spiro atoms. The third-order valence-corrected chi connectivity index (χ3v) is 5.39. The number of phenols is 1. The fourth-order valence-corrected chi connectivity index (χ4v) is 3.61. The highest BCUT2D eigenvalue weighted by molar-refractivity contribution is 5.94. The number of carbonyl (C=O) groups excluding carboxylic acids is 3. The molecule has 0 saturated heterocycles. The number of amides is 3. The van der Waals surface area contributed by atoms with Crippen molar-refractivity contribution in [1.82, 2.24) is 15.2 Å². The minimum absolute atomic E-state index is 0.0458. The lowest BCUT2D eigenvalue weighted by Crippen LogP contribution is -2.44. The number of phenolic OH excluding ortho intramolecular Hbond substituents is 1. The Kier molecular flexibility index (Phi) is 9.96. The van der Waals surface area contributed by atoms with Crippen LogP contribution in [0.15, 0.2) is 79.0 Å². The molecule has 0 bridgehead atoms. The highest BCUT2D eigenvalue weighted by atomic mass is 16.5. The number of methoxy groups -OCH3 is 1. The molecular weight excluding hydrogens is 460 g/mol. The molecule has 3 N–H and O–H groups in total. The average Bonchev–Trinajstić information content (AvgIpc) is 2.89. The van der Waals surface area contributed by atoms with Gasteiger partial charge in [0.15, 0.2) is 0 Å². The highest BCUT2D eigenvalue weighted by Gasteiger charge is 2.31. The van der Waals surface area contributed by atoms with Crippen LogP contribution in [0.2, 0.25) is 0 Å². The number of benzene rings is 2. The van der Waals surface area contributed by atoms with E-state index in [0.717, 1.165) is 5.56 Å². The number of rotatable bonds is 12. The third-order valence-electron chi connectivity index (χ3n) is 5.39. The van der Waals surface area contributed by atoms with Crippen molar-refractivity contribution >= 4 is 23.5 Å². The summed E-state index contributed by atoms with van der Waals surface area (Å²) in [6, 6.07) is 19.6. The van der Waals surface area contributed by atoms with E-state index >= 15 is 0 Å². The van der Waals surface area contributed by atoms with Gasteiger partial charge in [-0.15, -0.1) is 0 Å². The molecule has 0 unspecified atom stereocenters. The normalized spacial score (nSPS) is 11.4. The van der Waals surface area contributed by atoms with Gasteiger partial charge >= 0.3 is 0 Å². The van der Waals surface area contributed by atoms with Gasteiger partial charge in [-0.25, -0.2) is 4.98 Å². The molecule has 0 aliphatic carbocycles. The number of hydrogen-bond acceptors (Lipinski definition) is 6. The zero-order valence-corrected chi connectivity index (χ0v) is 20.1. The van der Waals surface area contributed by atoms with E-state index in [1.54, 1.807) is 36.5 Å². The van der Waals surface area contributed by atoms with Crippen molar-refractivity contribution in [3.8, 4) is 5.75 Å². The largest absolute Gasteiger partial charge is 0.508 e. The van der Waals surface area contributed by atoms with E-state index in [2.05, 4.69) is 15.6 Å². The van der Waals surface area contributed by atoms with E-state index in [0.29, 0.717) is 18.0 Å². The van der Waals surface area contributed by atoms with Crippen molar-refractivity contribution in [3.63, 3.8) is 0 Å². The van der Waals surface area contributed by atoms with E-state index < -0.39 is 6.04 Å². The monoisotopic (exact) mass is 490 g/mol. The van der Waals surface area contributed by atoms with Crippen LogP contribution in [-0.4, -0.2) is 53.0 Å². The summed E-state index contributed by atoms with van der Waals surface area (Å²) in [5, 5.41) is 15.2. The van der Waals surface area contributed by atoms with Gasteiger partial charge in [-0.05, 0) is 35.4 Å². The van der Waals surface area contributed by atoms with Crippen LogP contribution < -0.4 is 10.6 Å². The highest BCUT2D eigenvalue weighted by Crippen LogP contribution is 2.26. The number of nitrogens with one attached hydrogen (secondary N) is 2. The summed E-state index contributed by atoms with van der Waals surface area (Å²) < 4.78 is 5.03. The molecule has 1 aromatic heterocycles. The first-order valence-corrected chi connectivity index (χ1v) is 11.6. The summed E-state index contributed by atoms with van der Waals surface area (Å²) in [4.78, 5) is 44.8. The Morgan fingerprint density at radius 2 is 1.69 bits per heavy atom. The summed E-state index contributed by atoms with van der Waals surface area (Å²) in [6.07, 6.45) is 1.38. The minimum Gasteiger partial charge on any atom is -0.508 e. The quantitative estimate of drug-likeness (QED) is 0.336. The Labute approximate surface area is 210 Å². The molecule has 1 atom stereocenters. The van der Waals surface area contributed by atoms with Gasteiger partial charge in [0, 0.05) is 39.2 Å². The molecule has 0 aliphatic heterocycles. The number of anilines is 1. The van der Waals surface area contributed by atoms with Crippen molar-refractivity contribution in [3.05, 3.63) is 90.1 Å². The maximum Gasteiger partial charge on any atom is 0.247 e. The number of ether oxygens (including phenoxy) is 1. The molecule has 0 fully saturated rings. The molecule has 1 heterocycles. The first kappa shape index (κ1) is 26.4. The third kappa shape index (κ3) is 7.92. The maximum atomic E-state index is 13.5. The Morgan fingerprint density at radius 3 is 2.36 bits per heavy atom. The smallest absolute Gasteiger partial charge is 0.247 e. The van der Waals surface area contributed by atoms with Crippen LogP contribution >= 0.6 is 0 Å². The summed E-state index contributed by atoms with van der Waals surface area (Å²) in [7, 11) is 1.53. The van der Waals surface area contributed by atoms with Crippen LogP contribution in [-0.2, 0) is 25.7 Å². The zero-order chi connectivity index (χ0) is 25.8. The Morgan fingerprint density at radius 1 is 0.972 bits per heavy atom. The van der Waals surface area contributed by atoms with Crippen molar-refractivity contribution in [1.29, 1.82) is 0 Å². The first-order chi connectivity index (χ1) is 17.5. The Balaban J connectivity index is 1.84. The molecule has 0 radical (unpaired) electrons. The van der Waals surface area contributed by atoms with E-state index in [1.165, 1.54) is 24.1 Å². The van der Waals surface area contributed by atoms with Crippen molar-refractivity contribution in [2.45, 2.75) is 25.4 Å². The molecule has 188 valence electrons. The molecule has 0 saturated carbocycles. The molecule has 3 rings (SSSR count). The average molecular weight is 491 g/mol. The van der Waals surface area contributed by atoms with Gasteiger partial charge in [-0.3, -0.25) is 14.4 Å². The standard InChI is InChI=1S/C27H30N4O5/c1-36-18-17-29-27(35)26(21-10-12-22(32)13-11-21)31(19-20-7-3-2-4-8-20)25(34)15-14-24(33)30-23-9-5-6-16-28-23/h2-13,16,26,32H,14-15,17-19H2,1H3,(H,29,35)(H,28,30,33)/t26-/m0/s1. The summed E-state index contributed by atoms with van der Waals surface area (Å²) >= 11 is 0. The molecule has 0 aliphatic rings. The molecule has 3 aromatic rings. The lowest BCUT2D eigenvalue weighted by molar-refractivity contribution is -0.142. The summed E-state index contributed by atoms with van der Waals surface area (Å²) in [5.74, 6) is -0.664. The lowest BCUT2D eigenvalue weighted by atomic mass is 10.0. The van der Waals surface area contributed by atoms with Gasteiger partial charge in [-0.2, -0.15) is 0 Å². The van der Waals surface area contributed by atoms with Crippen LogP contribution in [0.3, 0.4) is 0 Å². The molecule has 9 heteroatoms. The lowest BCUT2D eigenvalue weighted by Gasteiger charge is -2.31. The summed E-state index contributed by atoms with van der Waals surface area (Å²) in [6.45, 7) is 0.739. The van der Waals surface area contributed by atoms with Crippen molar-refractivity contribution < 1.29 is 24.2 Å². The van der Waals surface area contributed by atoms with Crippen molar-refractivity contribution in [2.75, 3.05) is 25.6 Å². The van der Waals surface area contributed by atoms with Crippen LogP contribution in [0.5, 0.6) is 5.75 Å². The van der Waals surface area contributed by atoms with E-state index in [1.807, 2.05) is 30.3 Å². The Hall–Kier alpha value is -4.24. The van der Waals surface area contributed by atoms with Crippen molar-refractivity contribution in [2.24, 2.45) is 0 Å². The van der Waals surface area contributed by atoms with E-state index in [-0.39, 0.29) is 49.4 Å². The number of aromatic nitrogens is 1. The van der Waals surface area contributed by atoms with Crippen LogP contribution in [0.1, 0.15) is 30.0 Å². The topological polar surface area (TPSA) is 121 Å². The van der Waals surface area contributed by atoms with Gasteiger partial charge in [0.2, 0.25) is 17.7 Å². The van der Waals surface area contributed by atoms with Crippen LogP contribution in [0.25, 0.3) is 0 Å². The number of pyridine rings is 1. The number of nitrogens with zero attached hydrogens (tertiary/aromatic N) is 2. The fourth-order valence-electron chi connectivity index (χ4n) is 3.61. The van der Waals surface area contributed by atoms with E-state index in [4.69, 9.17) is 4.74 Å². The Bertz CT molecular complexity index is 1120. The van der Waals surface area contributed by atoms with Gasteiger partial charge in [0.1, 0.15) is 17.6 Å². The second-order valence-electron chi connectivity index (χ2n) is 8.05. The molecule has 2 aromatic carbocycles. The van der Waals surface area contributed by atoms with Crippen LogP contribution in [0, 0.1) is 0 Å². The van der Waals surface area contributed by atoms with Crippen LogP contribution in [0.4, 0.5) is 5.82 Å². The maximum absolute atomic E-state index is 13.5. The second-order valence-corrected chi connectivity index (χ2v) is 8.05. The second kappa shape index (κ2) is 13.6. The van der Waals surface area contributed by atoms with E-state index in [9.17, 15) is 19.5 Å². The number of carbonyl (C=O) groups is 3. The predicted octanol–water partition coefficient (Wildman–Crippen LogP) is 3.04. The molecule has 3 amide bonds. The zero-order valence-electron chi connectivity index (χ0n) is 20.1. The molecule has 9 nitrogen and oxygen atoms in total. The minimum atomic E-state index is -0.978. The van der Waals surface area contributed by atoms with Gasteiger partial charge < -0.3 is 25.4 Å². The SMILES string of the molecule is COCCNC(=O)[C@H](c1ccc(O)cc1)N(Cc1ccccc1)C(=O)CCC(=O)Nc1ccccn1. The van der Waals surface area contributed by atoms with Gasteiger partial charge in [-0.1, -0.05) is 48.5 Å². The first-order valence-electron chi connectivity index (χ1n) is 11.6.